The number of benzene rings is 1. The molecule has 0 heterocycles. The monoisotopic (exact) mass is 264 g/mol. The SMILES string of the molecule is CCCOc1ccc(C2(O)CCCC(OC)C2)cc1. The molecule has 1 aromatic rings. The van der Waals surface area contributed by atoms with Crippen molar-refractivity contribution in [3.63, 3.8) is 0 Å². The molecule has 0 aliphatic heterocycles. The highest BCUT2D eigenvalue weighted by Crippen LogP contribution is 2.38. The minimum absolute atomic E-state index is 0.162. The van der Waals surface area contributed by atoms with Crippen LogP contribution in [0.15, 0.2) is 24.3 Å². The van der Waals surface area contributed by atoms with Crippen molar-refractivity contribution in [1.82, 2.24) is 0 Å². The zero-order valence-corrected chi connectivity index (χ0v) is 11.9. The van der Waals surface area contributed by atoms with Gasteiger partial charge in [-0.15, -0.1) is 0 Å². The number of ether oxygens (including phenoxy) is 2. The van der Waals surface area contributed by atoms with E-state index in [4.69, 9.17) is 9.47 Å². The van der Waals surface area contributed by atoms with Gasteiger partial charge in [0.15, 0.2) is 0 Å². The fourth-order valence-electron chi connectivity index (χ4n) is 2.75. The zero-order chi connectivity index (χ0) is 13.7. The molecule has 3 heteroatoms. The first-order valence-corrected chi connectivity index (χ1v) is 7.16. The van der Waals surface area contributed by atoms with E-state index >= 15 is 0 Å². The first-order chi connectivity index (χ1) is 9.18. The van der Waals surface area contributed by atoms with Crippen LogP contribution in [0, 0.1) is 0 Å². The summed E-state index contributed by atoms with van der Waals surface area (Å²) in [4.78, 5) is 0. The highest BCUT2D eigenvalue weighted by atomic mass is 16.5. The molecule has 1 aliphatic carbocycles. The minimum atomic E-state index is -0.748. The van der Waals surface area contributed by atoms with Crippen molar-refractivity contribution in [2.24, 2.45) is 0 Å². The Morgan fingerprint density at radius 3 is 2.68 bits per heavy atom. The van der Waals surface area contributed by atoms with Gasteiger partial charge in [-0.05, 0) is 43.4 Å². The van der Waals surface area contributed by atoms with Crippen molar-refractivity contribution in [3.8, 4) is 5.75 Å². The lowest BCUT2D eigenvalue weighted by atomic mass is 9.78. The van der Waals surface area contributed by atoms with Gasteiger partial charge in [0.25, 0.3) is 0 Å². The van der Waals surface area contributed by atoms with Gasteiger partial charge in [0.1, 0.15) is 5.75 Å². The van der Waals surface area contributed by atoms with Gasteiger partial charge in [-0.25, -0.2) is 0 Å². The number of aliphatic hydroxyl groups is 1. The van der Waals surface area contributed by atoms with Gasteiger partial charge in [-0.3, -0.25) is 0 Å². The van der Waals surface area contributed by atoms with Gasteiger partial charge in [0.2, 0.25) is 0 Å². The van der Waals surface area contributed by atoms with Crippen molar-refractivity contribution in [3.05, 3.63) is 29.8 Å². The Bertz CT molecular complexity index is 387. The van der Waals surface area contributed by atoms with Crippen LogP contribution in [-0.2, 0) is 10.3 Å². The van der Waals surface area contributed by atoms with Crippen LogP contribution in [0.5, 0.6) is 5.75 Å². The van der Waals surface area contributed by atoms with Crippen molar-refractivity contribution in [1.29, 1.82) is 0 Å². The predicted octanol–water partition coefficient (Wildman–Crippen LogP) is 3.25. The normalized spacial score (nSPS) is 27.2. The number of hydrogen-bond donors (Lipinski definition) is 1. The largest absolute Gasteiger partial charge is 0.494 e. The van der Waals surface area contributed by atoms with Crippen LogP contribution >= 0.6 is 0 Å². The Labute approximate surface area is 115 Å². The average molecular weight is 264 g/mol. The lowest BCUT2D eigenvalue weighted by Crippen LogP contribution is -2.35. The molecule has 2 rings (SSSR count). The average Bonchev–Trinajstić information content (AvgIpc) is 2.45. The molecule has 0 saturated heterocycles. The summed E-state index contributed by atoms with van der Waals surface area (Å²) in [7, 11) is 1.72. The topological polar surface area (TPSA) is 38.7 Å². The molecule has 0 aromatic heterocycles. The Hall–Kier alpha value is -1.06. The molecular formula is C16H24O3. The van der Waals surface area contributed by atoms with Crippen molar-refractivity contribution >= 4 is 0 Å². The molecule has 2 atom stereocenters. The Morgan fingerprint density at radius 1 is 1.32 bits per heavy atom. The van der Waals surface area contributed by atoms with E-state index in [-0.39, 0.29) is 6.10 Å². The van der Waals surface area contributed by atoms with Crippen LogP contribution in [-0.4, -0.2) is 24.9 Å². The highest BCUT2D eigenvalue weighted by molar-refractivity contribution is 5.31. The van der Waals surface area contributed by atoms with E-state index in [1.54, 1.807) is 7.11 Å². The molecule has 1 fully saturated rings. The third-order valence-corrected chi connectivity index (χ3v) is 3.88. The molecule has 19 heavy (non-hydrogen) atoms. The van der Waals surface area contributed by atoms with Gasteiger partial charge >= 0.3 is 0 Å². The standard InChI is InChI=1S/C16H24O3/c1-3-11-19-14-8-6-13(7-9-14)16(17)10-4-5-15(12-16)18-2/h6-9,15,17H,3-5,10-12H2,1-2H3. The van der Waals surface area contributed by atoms with E-state index in [0.717, 1.165) is 43.6 Å². The number of rotatable bonds is 5. The molecule has 0 spiro atoms. The summed E-state index contributed by atoms with van der Waals surface area (Å²) in [6, 6.07) is 7.84. The minimum Gasteiger partial charge on any atom is -0.494 e. The fourth-order valence-corrected chi connectivity index (χ4v) is 2.75. The summed E-state index contributed by atoms with van der Waals surface area (Å²) in [5.74, 6) is 0.869. The zero-order valence-electron chi connectivity index (χ0n) is 11.9. The summed E-state index contributed by atoms with van der Waals surface area (Å²) in [6.45, 7) is 2.82. The molecule has 0 radical (unpaired) electrons. The maximum Gasteiger partial charge on any atom is 0.119 e. The second-order valence-electron chi connectivity index (χ2n) is 5.36. The van der Waals surface area contributed by atoms with Crippen LogP contribution in [0.1, 0.15) is 44.6 Å². The molecule has 3 nitrogen and oxygen atoms in total. The summed E-state index contributed by atoms with van der Waals surface area (Å²) >= 11 is 0. The van der Waals surface area contributed by atoms with Crippen LogP contribution in [0.2, 0.25) is 0 Å². The Balaban J connectivity index is 2.07. The lowest BCUT2D eigenvalue weighted by molar-refractivity contribution is -0.0631. The third-order valence-electron chi connectivity index (χ3n) is 3.88. The molecule has 2 unspecified atom stereocenters. The predicted molar refractivity (Wildman–Crippen MR) is 75.4 cm³/mol. The van der Waals surface area contributed by atoms with E-state index < -0.39 is 5.60 Å². The van der Waals surface area contributed by atoms with Gasteiger partial charge in [-0.2, -0.15) is 0 Å². The lowest BCUT2D eigenvalue weighted by Gasteiger charge is -2.36. The number of hydrogen-bond acceptors (Lipinski definition) is 3. The van der Waals surface area contributed by atoms with Gasteiger partial charge < -0.3 is 14.6 Å². The second kappa shape index (κ2) is 6.40. The van der Waals surface area contributed by atoms with Crippen molar-refractivity contribution in [2.45, 2.75) is 50.7 Å². The Kier molecular flexibility index (Phi) is 4.83. The summed E-state index contributed by atoms with van der Waals surface area (Å²) in [5, 5.41) is 10.8. The highest BCUT2D eigenvalue weighted by Gasteiger charge is 2.35. The molecule has 106 valence electrons. The summed E-state index contributed by atoms with van der Waals surface area (Å²) < 4.78 is 11.0. The fraction of sp³-hybridized carbons (Fsp3) is 0.625. The van der Waals surface area contributed by atoms with Gasteiger partial charge in [-0.1, -0.05) is 19.1 Å². The molecule has 1 N–H and O–H groups in total. The maximum atomic E-state index is 10.8. The smallest absolute Gasteiger partial charge is 0.119 e. The van der Waals surface area contributed by atoms with E-state index in [9.17, 15) is 5.11 Å². The maximum absolute atomic E-state index is 10.8. The van der Waals surface area contributed by atoms with E-state index in [1.165, 1.54) is 0 Å². The molecule has 1 aromatic carbocycles. The molecular weight excluding hydrogens is 240 g/mol. The van der Waals surface area contributed by atoms with Crippen LogP contribution < -0.4 is 4.74 Å². The first-order valence-electron chi connectivity index (χ1n) is 7.16. The van der Waals surface area contributed by atoms with E-state index in [1.807, 2.05) is 24.3 Å². The van der Waals surface area contributed by atoms with Crippen LogP contribution in [0.3, 0.4) is 0 Å². The molecule has 0 bridgehead atoms. The second-order valence-corrected chi connectivity index (χ2v) is 5.36. The summed E-state index contributed by atoms with van der Waals surface area (Å²) in [6.07, 6.45) is 4.69. The third kappa shape index (κ3) is 3.48. The Morgan fingerprint density at radius 2 is 2.05 bits per heavy atom. The van der Waals surface area contributed by atoms with Crippen molar-refractivity contribution < 1.29 is 14.6 Å². The quantitative estimate of drug-likeness (QED) is 0.887. The summed E-state index contributed by atoms with van der Waals surface area (Å²) in [5.41, 5.74) is 0.223. The number of methoxy groups -OCH3 is 1. The van der Waals surface area contributed by atoms with E-state index in [2.05, 4.69) is 6.92 Å². The molecule has 0 amide bonds. The first kappa shape index (κ1) is 14.4. The van der Waals surface area contributed by atoms with Gasteiger partial charge in [0, 0.05) is 13.5 Å². The van der Waals surface area contributed by atoms with Crippen LogP contribution in [0.25, 0.3) is 0 Å². The molecule has 1 aliphatic rings. The van der Waals surface area contributed by atoms with Crippen LogP contribution in [0.4, 0.5) is 0 Å². The van der Waals surface area contributed by atoms with E-state index in [0.29, 0.717) is 6.42 Å². The molecule has 1 saturated carbocycles. The van der Waals surface area contributed by atoms with Gasteiger partial charge in [0.05, 0.1) is 18.3 Å². The van der Waals surface area contributed by atoms with Crippen molar-refractivity contribution in [2.75, 3.05) is 13.7 Å².